The average molecular weight is 454 g/mol. The lowest BCUT2D eigenvalue weighted by Gasteiger charge is -2.15. The van der Waals surface area contributed by atoms with Crippen LogP contribution < -0.4 is 10.8 Å². The van der Waals surface area contributed by atoms with Crippen molar-refractivity contribution >= 4 is 55.8 Å². The standard InChI is InChI=1S/C18H15BrClFN4O2/c1-3-6-27-24-18(26)11-8-14-17(22-9-25(14)2)15(21)16(11)23-13-5-4-10(19)7-12(13)20/h3-5,7-9,23H,1,6H2,2H3,(H,24,26). The van der Waals surface area contributed by atoms with Crippen molar-refractivity contribution in [1.29, 1.82) is 0 Å². The Morgan fingerprint density at radius 2 is 2.26 bits per heavy atom. The number of halogens is 3. The van der Waals surface area contributed by atoms with E-state index in [-0.39, 0.29) is 23.4 Å². The predicted molar refractivity (Wildman–Crippen MR) is 107 cm³/mol. The van der Waals surface area contributed by atoms with Gasteiger partial charge in [-0.1, -0.05) is 33.6 Å². The van der Waals surface area contributed by atoms with Crippen LogP contribution in [-0.4, -0.2) is 22.1 Å². The fraction of sp³-hybridized carbons (Fsp3) is 0.111. The molecule has 2 aromatic carbocycles. The molecule has 6 nitrogen and oxygen atoms in total. The highest BCUT2D eigenvalue weighted by atomic mass is 79.9. The number of imidazole rings is 1. The van der Waals surface area contributed by atoms with Gasteiger partial charge in [-0.15, -0.1) is 6.58 Å². The molecular formula is C18H15BrClFN4O2. The summed E-state index contributed by atoms with van der Waals surface area (Å²) >= 11 is 9.53. The second kappa shape index (κ2) is 8.08. The molecule has 0 aliphatic heterocycles. The normalized spacial score (nSPS) is 10.8. The number of rotatable bonds is 6. The van der Waals surface area contributed by atoms with Crippen LogP contribution in [0.25, 0.3) is 11.0 Å². The lowest BCUT2D eigenvalue weighted by molar-refractivity contribution is 0.0422. The highest BCUT2D eigenvalue weighted by molar-refractivity contribution is 9.10. The van der Waals surface area contributed by atoms with Gasteiger partial charge in [-0.25, -0.2) is 14.9 Å². The number of carbonyl (C=O) groups is 1. The molecule has 1 heterocycles. The van der Waals surface area contributed by atoms with E-state index in [1.54, 1.807) is 29.8 Å². The molecule has 0 aliphatic rings. The maximum atomic E-state index is 15.2. The summed E-state index contributed by atoms with van der Waals surface area (Å²) in [6.07, 6.45) is 2.95. The van der Waals surface area contributed by atoms with Crippen molar-refractivity contribution in [2.24, 2.45) is 7.05 Å². The summed E-state index contributed by atoms with van der Waals surface area (Å²) in [4.78, 5) is 21.6. The van der Waals surface area contributed by atoms with E-state index in [0.717, 1.165) is 4.47 Å². The molecule has 0 atom stereocenters. The minimum atomic E-state index is -0.666. The zero-order valence-corrected chi connectivity index (χ0v) is 16.6. The Bertz CT molecular complexity index is 1040. The molecule has 1 amide bonds. The van der Waals surface area contributed by atoms with Crippen LogP contribution in [0.15, 0.2) is 47.7 Å². The first-order valence-electron chi connectivity index (χ1n) is 7.81. The summed E-state index contributed by atoms with van der Waals surface area (Å²) in [5, 5.41) is 3.26. The third-order valence-electron chi connectivity index (χ3n) is 3.76. The van der Waals surface area contributed by atoms with E-state index in [1.807, 2.05) is 0 Å². The molecule has 1 aromatic heterocycles. The summed E-state index contributed by atoms with van der Waals surface area (Å²) in [6.45, 7) is 3.62. The Kier molecular flexibility index (Phi) is 5.79. The zero-order chi connectivity index (χ0) is 19.6. The van der Waals surface area contributed by atoms with Gasteiger partial charge in [0, 0.05) is 11.5 Å². The zero-order valence-electron chi connectivity index (χ0n) is 14.2. The smallest absolute Gasteiger partial charge is 0.277 e. The van der Waals surface area contributed by atoms with Crippen molar-refractivity contribution < 1.29 is 14.0 Å². The molecule has 0 unspecified atom stereocenters. The van der Waals surface area contributed by atoms with Gasteiger partial charge in [-0.05, 0) is 24.3 Å². The van der Waals surface area contributed by atoms with Crippen LogP contribution in [0.3, 0.4) is 0 Å². The van der Waals surface area contributed by atoms with Gasteiger partial charge in [-0.2, -0.15) is 0 Å². The number of hydrogen-bond acceptors (Lipinski definition) is 4. The number of fused-ring (bicyclic) bond motifs is 1. The van der Waals surface area contributed by atoms with E-state index in [9.17, 15) is 4.79 Å². The van der Waals surface area contributed by atoms with Crippen molar-refractivity contribution in [2.75, 3.05) is 11.9 Å². The van der Waals surface area contributed by atoms with E-state index >= 15 is 4.39 Å². The van der Waals surface area contributed by atoms with Gasteiger partial charge >= 0.3 is 0 Å². The molecule has 0 bridgehead atoms. The second-order valence-electron chi connectivity index (χ2n) is 5.62. The van der Waals surface area contributed by atoms with Gasteiger partial charge in [0.25, 0.3) is 5.91 Å². The van der Waals surface area contributed by atoms with Crippen molar-refractivity contribution in [1.82, 2.24) is 15.0 Å². The fourth-order valence-corrected chi connectivity index (χ4v) is 3.19. The van der Waals surface area contributed by atoms with Gasteiger partial charge in [0.2, 0.25) is 0 Å². The van der Waals surface area contributed by atoms with Crippen LogP contribution in [0.5, 0.6) is 0 Å². The minimum absolute atomic E-state index is 0.0478. The Morgan fingerprint density at radius 3 is 2.96 bits per heavy atom. The quantitative estimate of drug-likeness (QED) is 0.322. The SMILES string of the molecule is C=CCONC(=O)c1cc2c(ncn2C)c(F)c1Nc1ccc(Br)cc1Cl. The van der Waals surface area contributed by atoms with Gasteiger partial charge in [0.05, 0.1) is 40.4 Å². The van der Waals surface area contributed by atoms with Crippen LogP contribution in [0.2, 0.25) is 5.02 Å². The number of hydroxylamine groups is 1. The van der Waals surface area contributed by atoms with Crippen LogP contribution in [0.1, 0.15) is 10.4 Å². The van der Waals surface area contributed by atoms with E-state index in [0.29, 0.717) is 16.2 Å². The highest BCUT2D eigenvalue weighted by Crippen LogP contribution is 2.34. The Labute approximate surface area is 168 Å². The number of nitrogens with one attached hydrogen (secondary N) is 2. The van der Waals surface area contributed by atoms with Gasteiger partial charge in [0.1, 0.15) is 5.52 Å². The Balaban J connectivity index is 2.10. The third kappa shape index (κ3) is 3.97. The summed E-state index contributed by atoms with van der Waals surface area (Å²) in [5.41, 5.74) is 3.31. The summed E-state index contributed by atoms with van der Waals surface area (Å²) < 4.78 is 17.6. The second-order valence-corrected chi connectivity index (χ2v) is 6.94. The molecule has 3 rings (SSSR count). The van der Waals surface area contributed by atoms with E-state index in [1.165, 1.54) is 18.5 Å². The molecule has 0 saturated carbocycles. The number of hydrogen-bond donors (Lipinski definition) is 2. The first-order chi connectivity index (χ1) is 12.9. The topological polar surface area (TPSA) is 68.2 Å². The molecular weight excluding hydrogens is 439 g/mol. The Morgan fingerprint density at radius 1 is 1.48 bits per heavy atom. The van der Waals surface area contributed by atoms with Crippen molar-refractivity contribution in [3.63, 3.8) is 0 Å². The van der Waals surface area contributed by atoms with Crippen molar-refractivity contribution in [3.05, 3.63) is 64.1 Å². The van der Waals surface area contributed by atoms with E-state index in [2.05, 4.69) is 38.3 Å². The molecule has 3 aromatic rings. The number of carbonyl (C=O) groups excluding carboxylic acids is 1. The van der Waals surface area contributed by atoms with Crippen LogP contribution in [-0.2, 0) is 11.9 Å². The number of anilines is 2. The molecule has 140 valence electrons. The van der Waals surface area contributed by atoms with E-state index in [4.69, 9.17) is 16.4 Å². The molecule has 0 saturated heterocycles. The predicted octanol–water partition coefficient (Wildman–Crippen LogP) is 4.72. The highest BCUT2D eigenvalue weighted by Gasteiger charge is 2.22. The lowest BCUT2D eigenvalue weighted by Crippen LogP contribution is -2.25. The van der Waals surface area contributed by atoms with Crippen molar-refractivity contribution in [2.45, 2.75) is 0 Å². The lowest BCUT2D eigenvalue weighted by atomic mass is 10.1. The molecule has 9 heteroatoms. The maximum absolute atomic E-state index is 15.2. The molecule has 0 spiro atoms. The van der Waals surface area contributed by atoms with Crippen LogP contribution in [0.4, 0.5) is 15.8 Å². The largest absolute Gasteiger partial charge is 0.351 e. The number of aryl methyl sites for hydroxylation is 1. The monoisotopic (exact) mass is 452 g/mol. The molecule has 0 aliphatic carbocycles. The first-order valence-corrected chi connectivity index (χ1v) is 8.98. The van der Waals surface area contributed by atoms with Gasteiger partial charge < -0.3 is 9.88 Å². The van der Waals surface area contributed by atoms with Gasteiger partial charge in [-0.3, -0.25) is 9.63 Å². The minimum Gasteiger partial charge on any atom is -0.351 e. The maximum Gasteiger partial charge on any atom is 0.277 e. The Hall–Kier alpha value is -2.42. The average Bonchev–Trinajstić information content (AvgIpc) is 3.00. The van der Waals surface area contributed by atoms with Crippen molar-refractivity contribution in [3.8, 4) is 0 Å². The number of benzene rings is 2. The summed E-state index contributed by atoms with van der Waals surface area (Å²) in [7, 11) is 1.71. The third-order valence-corrected chi connectivity index (χ3v) is 4.57. The van der Waals surface area contributed by atoms with Crippen LogP contribution in [0, 0.1) is 5.82 Å². The molecule has 0 fully saturated rings. The first kappa shape index (κ1) is 19.3. The van der Waals surface area contributed by atoms with E-state index < -0.39 is 11.7 Å². The molecule has 27 heavy (non-hydrogen) atoms. The molecule has 2 N–H and O–H groups in total. The summed E-state index contributed by atoms with van der Waals surface area (Å²) in [5.74, 6) is -1.28. The number of nitrogens with zero attached hydrogens (tertiary/aromatic N) is 2. The fourth-order valence-electron chi connectivity index (χ4n) is 2.47. The van der Waals surface area contributed by atoms with Crippen LogP contribution >= 0.6 is 27.5 Å². The summed E-state index contributed by atoms with van der Waals surface area (Å²) in [6, 6.07) is 6.61. The van der Waals surface area contributed by atoms with Gasteiger partial charge in [0.15, 0.2) is 5.82 Å². The number of amides is 1. The molecule has 0 radical (unpaired) electrons. The number of aromatic nitrogens is 2.